The Balaban J connectivity index is 1.38. The Bertz CT molecular complexity index is 784. The standard InChI is InChI=1S/C20H24FN3OS/c1-11-18-15(21)3-2-4-17(18)26-19(11)20(25)24(13-5-6-13)14-7-8-16-12(9-14)10-22-23-16/h2-4,10-11,13-14,17-19H,5-9H2,1H3,(H,22,23). The van der Waals surface area contributed by atoms with Crippen molar-refractivity contribution in [3.63, 3.8) is 0 Å². The SMILES string of the molecule is CC1C(C(=O)N(C2CC2)C2CCc3[nH]ncc3C2)SC2C=CC=C(F)C21. The maximum Gasteiger partial charge on any atom is 0.236 e. The van der Waals surface area contributed by atoms with Crippen molar-refractivity contribution >= 4 is 17.7 Å². The van der Waals surface area contributed by atoms with Crippen LogP contribution in [-0.4, -0.2) is 43.6 Å². The fourth-order valence-electron chi connectivity index (χ4n) is 4.88. The minimum absolute atomic E-state index is 0.0352. The highest BCUT2D eigenvalue weighted by atomic mass is 32.2. The van der Waals surface area contributed by atoms with Gasteiger partial charge in [-0.15, -0.1) is 11.8 Å². The Morgan fingerprint density at radius 3 is 2.96 bits per heavy atom. The van der Waals surface area contributed by atoms with Crippen molar-refractivity contribution in [1.29, 1.82) is 0 Å². The van der Waals surface area contributed by atoms with Gasteiger partial charge in [0.2, 0.25) is 5.91 Å². The molecule has 4 aliphatic rings. The van der Waals surface area contributed by atoms with Gasteiger partial charge in [0.25, 0.3) is 0 Å². The summed E-state index contributed by atoms with van der Waals surface area (Å²) < 4.78 is 14.3. The Kier molecular flexibility index (Phi) is 3.99. The van der Waals surface area contributed by atoms with E-state index >= 15 is 0 Å². The Hall–Kier alpha value is -1.56. The first kappa shape index (κ1) is 16.6. The summed E-state index contributed by atoms with van der Waals surface area (Å²) in [6.07, 6.45) is 12.4. The second-order valence-electron chi connectivity index (χ2n) is 8.09. The lowest BCUT2D eigenvalue weighted by Gasteiger charge is -2.36. The fourth-order valence-corrected chi connectivity index (χ4v) is 6.60. The van der Waals surface area contributed by atoms with Gasteiger partial charge in [-0.05, 0) is 49.7 Å². The summed E-state index contributed by atoms with van der Waals surface area (Å²) in [5.74, 6) is 0.0592. The minimum atomic E-state index is -0.146. The van der Waals surface area contributed by atoms with E-state index in [1.165, 1.54) is 11.3 Å². The summed E-state index contributed by atoms with van der Waals surface area (Å²) in [4.78, 5) is 15.7. The molecular formula is C20H24FN3OS. The van der Waals surface area contributed by atoms with E-state index in [0.717, 1.165) is 32.1 Å². The third-order valence-corrected chi connectivity index (χ3v) is 8.09. The molecule has 1 N–H and O–H groups in total. The maximum atomic E-state index is 14.3. The molecule has 1 aliphatic heterocycles. The van der Waals surface area contributed by atoms with Gasteiger partial charge in [0.05, 0.1) is 11.4 Å². The zero-order chi connectivity index (χ0) is 17.8. The number of carbonyl (C=O) groups excluding carboxylic acids is 1. The van der Waals surface area contributed by atoms with Crippen LogP contribution >= 0.6 is 11.8 Å². The summed E-state index contributed by atoms with van der Waals surface area (Å²) >= 11 is 1.66. The van der Waals surface area contributed by atoms with E-state index in [2.05, 4.69) is 21.2 Å². The molecule has 5 atom stereocenters. The molecule has 26 heavy (non-hydrogen) atoms. The molecule has 2 fully saturated rings. The third-order valence-electron chi connectivity index (χ3n) is 6.40. The number of H-pyrrole nitrogens is 1. The summed E-state index contributed by atoms with van der Waals surface area (Å²) in [5.41, 5.74) is 2.47. The third kappa shape index (κ3) is 2.65. The van der Waals surface area contributed by atoms with E-state index in [1.807, 2.05) is 13.1 Å². The number of allylic oxidation sites excluding steroid dienone is 3. The number of aromatic nitrogens is 2. The van der Waals surface area contributed by atoms with Crippen molar-refractivity contribution in [2.75, 3.05) is 0 Å². The molecule has 1 aromatic heterocycles. The monoisotopic (exact) mass is 373 g/mol. The zero-order valence-corrected chi connectivity index (χ0v) is 15.7. The van der Waals surface area contributed by atoms with Crippen LogP contribution in [0.4, 0.5) is 4.39 Å². The molecule has 1 saturated heterocycles. The number of aromatic amines is 1. The van der Waals surface area contributed by atoms with Crippen LogP contribution in [0.5, 0.6) is 0 Å². The number of hydrogen-bond donors (Lipinski definition) is 1. The van der Waals surface area contributed by atoms with Crippen molar-refractivity contribution in [2.24, 2.45) is 11.8 Å². The summed E-state index contributed by atoms with van der Waals surface area (Å²) in [7, 11) is 0. The fraction of sp³-hybridized carbons (Fsp3) is 0.600. The molecule has 3 aliphatic carbocycles. The largest absolute Gasteiger partial charge is 0.335 e. The second-order valence-corrected chi connectivity index (χ2v) is 9.41. The highest BCUT2D eigenvalue weighted by Crippen LogP contribution is 2.50. The summed E-state index contributed by atoms with van der Waals surface area (Å²) in [6.45, 7) is 2.05. The van der Waals surface area contributed by atoms with Crippen molar-refractivity contribution in [3.05, 3.63) is 41.5 Å². The number of aryl methyl sites for hydroxylation is 1. The predicted octanol–water partition coefficient (Wildman–Crippen LogP) is 3.42. The normalized spacial score (nSPS) is 35.6. The number of nitrogens with one attached hydrogen (secondary N) is 1. The van der Waals surface area contributed by atoms with Crippen LogP contribution in [0, 0.1) is 11.8 Å². The van der Waals surface area contributed by atoms with Crippen LogP contribution in [0.1, 0.15) is 37.4 Å². The van der Waals surface area contributed by atoms with E-state index in [4.69, 9.17) is 0 Å². The van der Waals surface area contributed by atoms with Gasteiger partial charge in [0.1, 0.15) is 5.83 Å². The van der Waals surface area contributed by atoms with Gasteiger partial charge in [-0.2, -0.15) is 5.10 Å². The number of halogens is 1. The zero-order valence-electron chi connectivity index (χ0n) is 14.9. The molecule has 2 heterocycles. The number of fused-ring (bicyclic) bond motifs is 2. The average Bonchev–Trinajstić information content (AvgIpc) is 3.23. The first-order valence-corrected chi connectivity index (χ1v) is 10.6. The molecule has 0 spiro atoms. The number of thioether (sulfide) groups is 1. The molecule has 6 heteroatoms. The first-order valence-electron chi connectivity index (χ1n) is 9.66. The Morgan fingerprint density at radius 1 is 1.35 bits per heavy atom. The molecule has 4 nitrogen and oxygen atoms in total. The summed E-state index contributed by atoms with van der Waals surface area (Å²) in [5, 5.41) is 7.19. The van der Waals surface area contributed by atoms with E-state index in [9.17, 15) is 9.18 Å². The highest BCUT2D eigenvalue weighted by Gasteiger charge is 2.50. The predicted molar refractivity (Wildman–Crippen MR) is 100 cm³/mol. The van der Waals surface area contributed by atoms with Crippen LogP contribution in [0.25, 0.3) is 0 Å². The minimum Gasteiger partial charge on any atom is -0.335 e. The van der Waals surface area contributed by atoms with Gasteiger partial charge in [-0.25, -0.2) is 4.39 Å². The smallest absolute Gasteiger partial charge is 0.236 e. The van der Waals surface area contributed by atoms with Gasteiger partial charge in [0.15, 0.2) is 0 Å². The van der Waals surface area contributed by atoms with Crippen molar-refractivity contribution in [1.82, 2.24) is 15.1 Å². The number of amides is 1. The second kappa shape index (κ2) is 6.25. The maximum absolute atomic E-state index is 14.3. The number of carbonyl (C=O) groups is 1. The number of nitrogens with zero attached hydrogens (tertiary/aromatic N) is 2. The lowest BCUT2D eigenvalue weighted by molar-refractivity contribution is -0.134. The van der Waals surface area contributed by atoms with Gasteiger partial charge in [-0.3, -0.25) is 9.89 Å². The number of rotatable bonds is 3. The number of hydrogen-bond acceptors (Lipinski definition) is 3. The summed E-state index contributed by atoms with van der Waals surface area (Å²) in [6, 6.07) is 0.638. The quantitative estimate of drug-likeness (QED) is 0.883. The van der Waals surface area contributed by atoms with Gasteiger partial charge >= 0.3 is 0 Å². The molecule has 5 unspecified atom stereocenters. The van der Waals surface area contributed by atoms with E-state index in [0.29, 0.717) is 6.04 Å². The lowest BCUT2D eigenvalue weighted by atomic mass is 9.84. The van der Waals surface area contributed by atoms with Crippen LogP contribution in [-0.2, 0) is 17.6 Å². The molecule has 0 aromatic carbocycles. The van der Waals surface area contributed by atoms with Gasteiger partial charge < -0.3 is 4.90 Å². The van der Waals surface area contributed by atoms with Crippen molar-refractivity contribution < 1.29 is 9.18 Å². The molecular weight excluding hydrogens is 349 g/mol. The molecule has 1 amide bonds. The van der Waals surface area contributed by atoms with Crippen LogP contribution in [0.2, 0.25) is 0 Å². The Labute approximate surface area is 157 Å². The lowest BCUT2D eigenvalue weighted by Crippen LogP contribution is -2.49. The average molecular weight is 373 g/mol. The van der Waals surface area contributed by atoms with Crippen LogP contribution in [0.15, 0.2) is 30.3 Å². The molecule has 0 radical (unpaired) electrons. The molecule has 138 valence electrons. The van der Waals surface area contributed by atoms with E-state index in [1.54, 1.807) is 23.9 Å². The van der Waals surface area contributed by atoms with Crippen LogP contribution < -0.4 is 0 Å². The van der Waals surface area contributed by atoms with E-state index in [-0.39, 0.29) is 40.1 Å². The molecule has 1 aromatic rings. The molecule has 5 rings (SSSR count). The van der Waals surface area contributed by atoms with Crippen molar-refractivity contribution in [3.8, 4) is 0 Å². The van der Waals surface area contributed by atoms with Crippen molar-refractivity contribution in [2.45, 2.75) is 61.6 Å². The van der Waals surface area contributed by atoms with Gasteiger partial charge in [0, 0.05) is 28.9 Å². The molecule has 1 saturated carbocycles. The van der Waals surface area contributed by atoms with Gasteiger partial charge in [-0.1, -0.05) is 19.1 Å². The molecule has 0 bridgehead atoms. The van der Waals surface area contributed by atoms with Crippen LogP contribution in [0.3, 0.4) is 0 Å². The topological polar surface area (TPSA) is 49.0 Å². The van der Waals surface area contributed by atoms with E-state index < -0.39 is 0 Å². The Morgan fingerprint density at radius 2 is 2.19 bits per heavy atom. The highest BCUT2D eigenvalue weighted by molar-refractivity contribution is 8.01. The first-order chi connectivity index (χ1) is 12.6.